The number of hydrogen-bond donors (Lipinski definition) is 1. The lowest BCUT2D eigenvalue weighted by Gasteiger charge is -2.16. The van der Waals surface area contributed by atoms with Crippen LogP contribution in [0, 0.1) is 0 Å². The Hall–Kier alpha value is -1.39. The molecule has 0 aliphatic heterocycles. The highest BCUT2D eigenvalue weighted by Gasteiger charge is 2.18. The molecule has 0 saturated heterocycles. The second kappa shape index (κ2) is 8.72. The van der Waals surface area contributed by atoms with Gasteiger partial charge in [0.25, 0.3) is 0 Å². The number of hydrogen-bond acceptors (Lipinski definition) is 4. The van der Waals surface area contributed by atoms with E-state index in [-0.39, 0.29) is 11.8 Å². The van der Waals surface area contributed by atoms with E-state index in [0.29, 0.717) is 17.9 Å². The Morgan fingerprint density at radius 2 is 2.05 bits per heavy atom. The third-order valence-electron chi connectivity index (χ3n) is 3.08. The molecular weight excluding hydrogens is 252 g/mol. The standard InChI is InChI=1S/C16H26N2O2/c1-5-20-15-10-7-6-9-14(15)16(19)13(2)17-11-8-12-18(3)4/h6-7,9-10,13,17H,5,8,11-12H2,1-4H3. The van der Waals surface area contributed by atoms with E-state index in [4.69, 9.17) is 4.74 Å². The van der Waals surface area contributed by atoms with Gasteiger partial charge >= 0.3 is 0 Å². The number of nitrogens with one attached hydrogen (secondary N) is 1. The number of ether oxygens (including phenoxy) is 1. The van der Waals surface area contributed by atoms with Gasteiger partial charge in [-0.2, -0.15) is 0 Å². The van der Waals surface area contributed by atoms with Crippen LogP contribution in [0.25, 0.3) is 0 Å². The maximum Gasteiger partial charge on any atom is 0.183 e. The summed E-state index contributed by atoms with van der Waals surface area (Å²) in [4.78, 5) is 14.6. The minimum absolute atomic E-state index is 0.0823. The Kier molecular flexibility index (Phi) is 7.26. The molecule has 0 aliphatic rings. The molecule has 4 heteroatoms. The molecule has 1 N–H and O–H groups in total. The number of rotatable bonds is 9. The van der Waals surface area contributed by atoms with E-state index < -0.39 is 0 Å². The third kappa shape index (κ3) is 5.31. The quantitative estimate of drug-likeness (QED) is 0.555. The van der Waals surface area contributed by atoms with Crippen LogP contribution in [-0.4, -0.2) is 50.5 Å². The molecule has 0 bridgehead atoms. The maximum atomic E-state index is 12.4. The molecule has 0 radical (unpaired) electrons. The third-order valence-corrected chi connectivity index (χ3v) is 3.08. The molecule has 4 nitrogen and oxygen atoms in total. The molecule has 0 heterocycles. The SMILES string of the molecule is CCOc1ccccc1C(=O)C(C)NCCCN(C)C. The van der Waals surface area contributed by atoms with E-state index >= 15 is 0 Å². The van der Waals surface area contributed by atoms with Crippen molar-refractivity contribution >= 4 is 5.78 Å². The smallest absolute Gasteiger partial charge is 0.183 e. The predicted molar refractivity (Wildman–Crippen MR) is 82.6 cm³/mol. The van der Waals surface area contributed by atoms with Crippen LogP contribution in [0.5, 0.6) is 5.75 Å². The molecule has 112 valence electrons. The molecule has 0 fully saturated rings. The highest BCUT2D eigenvalue weighted by atomic mass is 16.5. The Balaban J connectivity index is 2.56. The van der Waals surface area contributed by atoms with Crippen molar-refractivity contribution in [1.82, 2.24) is 10.2 Å². The fourth-order valence-electron chi connectivity index (χ4n) is 1.99. The van der Waals surface area contributed by atoms with E-state index in [1.807, 2.05) is 52.2 Å². The van der Waals surface area contributed by atoms with E-state index in [1.165, 1.54) is 0 Å². The molecule has 0 aromatic heterocycles. The molecule has 1 rings (SSSR count). The Bertz CT molecular complexity index is 419. The summed E-state index contributed by atoms with van der Waals surface area (Å²) in [6.07, 6.45) is 1.03. The van der Waals surface area contributed by atoms with Gasteiger partial charge in [-0.05, 0) is 59.6 Å². The van der Waals surface area contributed by atoms with Crippen LogP contribution in [0.1, 0.15) is 30.6 Å². The summed E-state index contributed by atoms with van der Waals surface area (Å²) < 4.78 is 5.51. The molecule has 1 aromatic rings. The molecule has 1 atom stereocenters. The summed E-state index contributed by atoms with van der Waals surface area (Å²) in [6.45, 7) is 6.24. The van der Waals surface area contributed by atoms with E-state index in [0.717, 1.165) is 19.5 Å². The lowest BCUT2D eigenvalue weighted by atomic mass is 10.0. The van der Waals surface area contributed by atoms with Gasteiger partial charge in [-0.3, -0.25) is 4.79 Å². The van der Waals surface area contributed by atoms with Crippen molar-refractivity contribution in [2.45, 2.75) is 26.3 Å². The highest BCUT2D eigenvalue weighted by Crippen LogP contribution is 2.19. The molecule has 20 heavy (non-hydrogen) atoms. The van der Waals surface area contributed by atoms with Gasteiger partial charge < -0.3 is 15.0 Å². The predicted octanol–water partition coefficient (Wildman–Crippen LogP) is 2.20. The highest BCUT2D eigenvalue weighted by molar-refractivity contribution is 6.02. The van der Waals surface area contributed by atoms with E-state index in [2.05, 4.69) is 10.2 Å². The normalized spacial score (nSPS) is 12.4. The van der Waals surface area contributed by atoms with Crippen LogP contribution < -0.4 is 10.1 Å². The van der Waals surface area contributed by atoms with Crippen LogP contribution >= 0.6 is 0 Å². The number of ketones is 1. The molecule has 0 aliphatic carbocycles. The molecule has 0 saturated carbocycles. The second-order valence-electron chi connectivity index (χ2n) is 5.13. The van der Waals surface area contributed by atoms with Gasteiger partial charge in [0, 0.05) is 0 Å². The van der Waals surface area contributed by atoms with Crippen molar-refractivity contribution in [3.8, 4) is 5.75 Å². The zero-order valence-electron chi connectivity index (χ0n) is 13.0. The first-order valence-electron chi connectivity index (χ1n) is 7.20. The molecule has 1 unspecified atom stereocenters. The Morgan fingerprint density at radius 3 is 2.70 bits per heavy atom. The monoisotopic (exact) mass is 278 g/mol. The van der Waals surface area contributed by atoms with E-state index in [1.54, 1.807) is 0 Å². The maximum absolute atomic E-state index is 12.4. The number of para-hydroxylation sites is 1. The first-order chi connectivity index (χ1) is 9.56. The Morgan fingerprint density at radius 1 is 1.35 bits per heavy atom. The second-order valence-corrected chi connectivity index (χ2v) is 5.13. The van der Waals surface area contributed by atoms with E-state index in [9.17, 15) is 4.79 Å². The van der Waals surface area contributed by atoms with Gasteiger partial charge in [0.1, 0.15) is 5.75 Å². The van der Waals surface area contributed by atoms with Crippen molar-refractivity contribution in [2.24, 2.45) is 0 Å². The summed E-state index contributed by atoms with van der Waals surface area (Å²) in [7, 11) is 4.10. The lowest BCUT2D eigenvalue weighted by molar-refractivity contribution is 0.0947. The van der Waals surface area contributed by atoms with Crippen LogP contribution in [-0.2, 0) is 0 Å². The van der Waals surface area contributed by atoms with Crippen LogP contribution in [0.2, 0.25) is 0 Å². The van der Waals surface area contributed by atoms with Crippen molar-refractivity contribution in [3.05, 3.63) is 29.8 Å². The van der Waals surface area contributed by atoms with Gasteiger partial charge in [-0.25, -0.2) is 0 Å². The van der Waals surface area contributed by atoms with Gasteiger partial charge in [-0.15, -0.1) is 0 Å². The minimum atomic E-state index is -0.196. The number of carbonyl (C=O) groups excluding carboxylic acids is 1. The summed E-state index contributed by atoms with van der Waals surface area (Å²) in [5.41, 5.74) is 0.655. The average Bonchev–Trinajstić information content (AvgIpc) is 2.43. The van der Waals surface area contributed by atoms with Gasteiger partial charge in [0.05, 0.1) is 18.2 Å². The van der Waals surface area contributed by atoms with Gasteiger partial charge in [0.15, 0.2) is 5.78 Å². The first-order valence-corrected chi connectivity index (χ1v) is 7.20. The summed E-state index contributed by atoms with van der Waals surface area (Å²) in [6, 6.07) is 7.23. The number of carbonyl (C=O) groups is 1. The largest absolute Gasteiger partial charge is 0.493 e. The number of Topliss-reactive ketones (excluding diaryl/α,β-unsaturated/α-hetero) is 1. The molecule has 0 amide bonds. The van der Waals surface area contributed by atoms with Crippen molar-refractivity contribution in [1.29, 1.82) is 0 Å². The summed E-state index contributed by atoms with van der Waals surface area (Å²) in [5, 5.41) is 3.27. The zero-order valence-corrected chi connectivity index (χ0v) is 13.0. The zero-order chi connectivity index (χ0) is 15.0. The summed E-state index contributed by atoms with van der Waals surface area (Å²) >= 11 is 0. The van der Waals surface area contributed by atoms with Crippen LogP contribution in [0.4, 0.5) is 0 Å². The Labute approximate surface area is 122 Å². The summed E-state index contributed by atoms with van der Waals surface area (Å²) in [5.74, 6) is 0.751. The van der Waals surface area contributed by atoms with Crippen molar-refractivity contribution < 1.29 is 9.53 Å². The lowest BCUT2D eigenvalue weighted by Crippen LogP contribution is -2.35. The number of benzene rings is 1. The molecule has 0 spiro atoms. The van der Waals surface area contributed by atoms with Crippen LogP contribution in [0.15, 0.2) is 24.3 Å². The fraction of sp³-hybridized carbons (Fsp3) is 0.562. The minimum Gasteiger partial charge on any atom is -0.493 e. The number of nitrogens with zero attached hydrogens (tertiary/aromatic N) is 1. The average molecular weight is 278 g/mol. The fourth-order valence-corrected chi connectivity index (χ4v) is 1.99. The molecular formula is C16H26N2O2. The van der Waals surface area contributed by atoms with Crippen molar-refractivity contribution in [3.63, 3.8) is 0 Å². The van der Waals surface area contributed by atoms with Crippen molar-refractivity contribution in [2.75, 3.05) is 33.8 Å². The van der Waals surface area contributed by atoms with Gasteiger partial charge in [-0.1, -0.05) is 12.1 Å². The first kappa shape index (κ1) is 16.7. The molecule has 1 aromatic carbocycles. The van der Waals surface area contributed by atoms with Crippen LogP contribution in [0.3, 0.4) is 0 Å². The topological polar surface area (TPSA) is 41.6 Å². The van der Waals surface area contributed by atoms with Gasteiger partial charge in [0.2, 0.25) is 0 Å².